The van der Waals surface area contributed by atoms with Gasteiger partial charge in [-0.1, -0.05) is 11.6 Å². The fourth-order valence-corrected chi connectivity index (χ4v) is 3.42. The molecule has 2 aromatic rings. The Morgan fingerprint density at radius 2 is 2.05 bits per heavy atom. The Bertz CT molecular complexity index is 725. The second kappa shape index (κ2) is 5.28. The summed E-state index contributed by atoms with van der Waals surface area (Å²) in [6.45, 7) is 0. The van der Waals surface area contributed by atoms with Crippen molar-refractivity contribution in [2.75, 3.05) is 11.5 Å². The molecule has 0 atom stereocenters. The topological polar surface area (TPSA) is 63.0 Å². The summed E-state index contributed by atoms with van der Waals surface area (Å²) in [6, 6.07) is 11.5. The van der Waals surface area contributed by atoms with E-state index in [4.69, 9.17) is 27.0 Å². The molecule has 1 aromatic carbocycles. The van der Waals surface area contributed by atoms with Crippen LogP contribution >= 0.6 is 23.4 Å². The van der Waals surface area contributed by atoms with E-state index in [1.807, 2.05) is 18.2 Å². The third-order valence-corrected chi connectivity index (χ3v) is 4.56. The van der Waals surface area contributed by atoms with E-state index in [1.54, 1.807) is 23.9 Å². The molecular formula is C15H11ClN2OS. The lowest BCUT2D eigenvalue weighted by Gasteiger charge is -1.98. The number of nitrogens with zero attached hydrogens (tertiary/aromatic N) is 1. The first-order valence-electron chi connectivity index (χ1n) is 6.10. The van der Waals surface area contributed by atoms with Crippen LogP contribution in [0.5, 0.6) is 0 Å². The van der Waals surface area contributed by atoms with Crippen molar-refractivity contribution in [3.63, 3.8) is 0 Å². The van der Waals surface area contributed by atoms with Crippen molar-refractivity contribution >= 4 is 34.2 Å². The van der Waals surface area contributed by atoms with Crippen molar-refractivity contribution in [2.24, 2.45) is 0 Å². The maximum absolute atomic E-state index is 9.14. The molecule has 0 radical (unpaired) electrons. The third-order valence-electron chi connectivity index (χ3n) is 3.14. The minimum Gasteiger partial charge on any atom is -0.440 e. The van der Waals surface area contributed by atoms with E-state index in [0.717, 1.165) is 33.8 Å². The maximum atomic E-state index is 9.14. The van der Waals surface area contributed by atoms with Crippen molar-refractivity contribution in [1.29, 1.82) is 5.26 Å². The van der Waals surface area contributed by atoms with Crippen LogP contribution in [0.25, 0.3) is 16.2 Å². The zero-order valence-electron chi connectivity index (χ0n) is 10.5. The predicted molar refractivity (Wildman–Crippen MR) is 83.2 cm³/mol. The van der Waals surface area contributed by atoms with Crippen LogP contribution in [0.1, 0.15) is 12.0 Å². The summed E-state index contributed by atoms with van der Waals surface area (Å²) in [5, 5.41) is 9.81. The number of thioether (sulfide) groups is 1. The molecule has 1 aliphatic heterocycles. The summed E-state index contributed by atoms with van der Waals surface area (Å²) in [7, 11) is 0. The molecule has 1 aliphatic rings. The Labute approximate surface area is 126 Å². The number of furan rings is 1. The van der Waals surface area contributed by atoms with Crippen LogP contribution < -0.4 is 5.73 Å². The number of halogens is 1. The van der Waals surface area contributed by atoms with Crippen molar-refractivity contribution in [1.82, 2.24) is 0 Å². The zero-order valence-corrected chi connectivity index (χ0v) is 12.1. The van der Waals surface area contributed by atoms with E-state index in [9.17, 15) is 0 Å². The summed E-state index contributed by atoms with van der Waals surface area (Å²) in [5.74, 6) is 1.96. The van der Waals surface area contributed by atoms with Gasteiger partial charge in [0.15, 0.2) is 5.88 Å². The van der Waals surface area contributed by atoms with Crippen LogP contribution in [0.15, 0.2) is 40.3 Å². The van der Waals surface area contributed by atoms with Crippen LogP contribution in [0.4, 0.5) is 5.88 Å². The molecule has 0 saturated heterocycles. The van der Waals surface area contributed by atoms with Gasteiger partial charge < -0.3 is 10.2 Å². The first kappa shape index (κ1) is 13.2. The molecule has 3 nitrogen and oxygen atoms in total. The van der Waals surface area contributed by atoms with Gasteiger partial charge in [-0.15, -0.1) is 11.8 Å². The van der Waals surface area contributed by atoms with Crippen molar-refractivity contribution in [2.45, 2.75) is 6.42 Å². The van der Waals surface area contributed by atoms with Crippen molar-refractivity contribution < 1.29 is 4.42 Å². The molecule has 0 amide bonds. The molecule has 20 heavy (non-hydrogen) atoms. The Hall–Kier alpha value is -1.83. The second-order valence-electron chi connectivity index (χ2n) is 4.41. The zero-order chi connectivity index (χ0) is 14.1. The quantitative estimate of drug-likeness (QED) is 0.883. The van der Waals surface area contributed by atoms with Gasteiger partial charge in [0.1, 0.15) is 5.76 Å². The molecule has 5 heteroatoms. The van der Waals surface area contributed by atoms with Gasteiger partial charge in [-0.25, -0.2) is 0 Å². The number of nitriles is 1. The van der Waals surface area contributed by atoms with Crippen LogP contribution in [-0.2, 0) is 0 Å². The number of rotatable bonds is 2. The smallest absolute Gasteiger partial charge is 0.199 e. The molecule has 0 aliphatic carbocycles. The third kappa shape index (κ3) is 2.31. The molecule has 1 aromatic heterocycles. The minimum atomic E-state index is 0.354. The summed E-state index contributed by atoms with van der Waals surface area (Å²) in [6.07, 6.45) is 0.789. The van der Waals surface area contributed by atoms with Gasteiger partial charge in [-0.05, 0) is 36.8 Å². The molecule has 2 heterocycles. The van der Waals surface area contributed by atoms with Crippen LogP contribution in [-0.4, -0.2) is 5.75 Å². The van der Waals surface area contributed by atoms with Crippen molar-refractivity contribution in [3.8, 4) is 17.4 Å². The number of nitrogens with two attached hydrogens (primary N) is 1. The maximum Gasteiger partial charge on any atom is 0.199 e. The van der Waals surface area contributed by atoms with Gasteiger partial charge in [0.25, 0.3) is 0 Å². The van der Waals surface area contributed by atoms with Gasteiger partial charge in [-0.3, -0.25) is 0 Å². The fraction of sp³-hybridized carbons (Fsp3) is 0.133. The van der Waals surface area contributed by atoms with Gasteiger partial charge in [0, 0.05) is 26.8 Å². The van der Waals surface area contributed by atoms with E-state index in [1.165, 1.54) is 0 Å². The molecule has 100 valence electrons. The van der Waals surface area contributed by atoms with E-state index < -0.39 is 0 Å². The van der Waals surface area contributed by atoms with E-state index >= 15 is 0 Å². The molecule has 2 N–H and O–H groups in total. The normalized spacial score (nSPS) is 14.6. The molecule has 0 bridgehead atoms. The van der Waals surface area contributed by atoms with Gasteiger partial charge in [0.2, 0.25) is 0 Å². The van der Waals surface area contributed by atoms with E-state index in [-0.39, 0.29) is 0 Å². The summed E-state index contributed by atoms with van der Waals surface area (Å²) in [4.78, 5) is 0.939. The monoisotopic (exact) mass is 302 g/mol. The fourth-order valence-electron chi connectivity index (χ4n) is 2.14. The molecule has 0 saturated carbocycles. The highest BCUT2D eigenvalue weighted by molar-refractivity contribution is 8.08. The number of hydrogen-bond acceptors (Lipinski definition) is 4. The molecule has 0 fully saturated rings. The number of hydrogen-bond donors (Lipinski definition) is 1. The Balaban J connectivity index is 2.04. The summed E-state index contributed by atoms with van der Waals surface area (Å²) in [5.41, 5.74) is 8.46. The number of nitrogen functional groups attached to an aromatic ring is 1. The van der Waals surface area contributed by atoms with Crippen LogP contribution in [0, 0.1) is 11.3 Å². The van der Waals surface area contributed by atoms with Crippen molar-refractivity contribution in [3.05, 3.63) is 46.5 Å². The average Bonchev–Trinajstić information content (AvgIpc) is 3.05. The van der Waals surface area contributed by atoms with Gasteiger partial charge in [0.05, 0.1) is 11.6 Å². The highest BCUT2D eigenvalue weighted by Gasteiger charge is 2.22. The van der Waals surface area contributed by atoms with E-state index in [2.05, 4.69) is 6.07 Å². The largest absolute Gasteiger partial charge is 0.440 e. The number of benzene rings is 1. The van der Waals surface area contributed by atoms with Gasteiger partial charge in [-0.2, -0.15) is 5.26 Å². The Kier molecular flexibility index (Phi) is 3.47. The van der Waals surface area contributed by atoms with Crippen LogP contribution in [0.2, 0.25) is 5.02 Å². The van der Waals surface area contributed by atoms with Gasteiger partial charge >= 0.3 is 0 Å². The number of allylic oxidation sites excluding steroid dienone is 1. The molecular weight excluding hydrogens is 292 g/mol. The van der Waals surface area contributed by atoms with E-state index in [0.29, 0.717) is 16.7 Å². The van der Waals surface area contributed by atoms with Crippen LogP contribution in [0.3, 0.4) is 0 Å². The highest BCUT2D eigenvalue weighted by atomic mass is 35.5. The first-order chi connectivity index (χ1) is 9.69. The molecule has 0 spiro atoms. The molecule has 0 unspecified atom stereocenters. The average molecular weight is 303 g/mol. The Morgan fingerprint density at radius 1 is 1.30 bits per heavy atom. The first-order valence-corrected chi connectivity index (χ1v) is 7.47. The second-order valence-corrected chi connectivity index (χ2v) is 5.96. The standard InChI is InChI=1S/C15H11ClN2OS/c16-11-3-1-9(2-4-11)13-7-12(15(18)19-13)14-10(8-17)5-6-20-14/h1-4,7H,5-6,18H2. The number of anilines is 1. The predicted octanol–water partition coefficient (Wildman–Crippen LogP) is 4.55. The minimum absolute atomic E-state index is 0.354. The SMILES string of the molecule is N#CC1=C(c2cc(-c3ccc(Cl)cc3)oc2N)SCC1. The lowest BCUT2D eigenvalue weighted by Crippen LogP contribution is -1.86. The summed E-state index contributed by atoms with van der Waals surface area (Å²) < 4.78 is 5.62. The molecule has 3 rings (SSSR count). The highest BCUT2D eigenvalue weighted by Crippen LogP contribution is 2.43. The summed E-state index contributed by atoms with van der Waals surface area (Å²) >= 11 is 7.52. The Morgan fingerprint density at radius 3 is 2.75 bits per heavy atom. The lowest BCUT2D eigenvalue weighted by molar-refractivity contribution is 0.602. The lowest BCUT2D eigenvalue weighted by atomic mass is 10.1.